The highest BCUT2D eigenvalue weighted by Crippen LogP contribution is 2.30. The van der Waals surface area contributed by atoms with Gasteiger partial charge in [0.1, 0.15) is 5.82 Å². The number of nitrogens with zero attached hydrogens (tertiary/aromatic N) is 2. The van der Waals surface area contributed by atoms with Gasteiger partial charge in [-0.1, -0.05) is 31.0 Å². The number of carbonyl (C=O) groups excluding carboxylic acids is 1. The van der Waals surface area contributed by atoms with Crippen molar-refractivity contribution < 1.29 is 9.18 Å². The maximum absolute atomic E-state index is 13.3. The highest BCUT2D eigenvalue weighted by atomic mass is 19.1. The van der Waals surface area contributed by atoms with E-state index in [-0.39, 0.29) is 23.7 Å². The van der Waals surface area contributed by atoms with E-state index in [1.54, 1.807) is 6.20 Å². The maximum Gasteiger partial charge on any atom is 0.223 e. The largest absolute Gasteiger partial charge is 0.347 e. The fourth-order valence-electron chi connectivity index (χ4n) is 4.43. The zero-order valence-corrected chi connectivity index (χ0v) is 16.9. The molecule has 0 spiro atoms. The van der Waals surface area contributed by atoms with Crippen molar-refractivity contribution in [1.82, 2.24) is 15.2 Å². The average Bonchev–Trinajstić information content (AvgIpc) is 2.70. The lowest BCUT2D eigenvalue weighted by atomic mass is 9.84. The monoisotopic (exact) mass is 395 g/mol. The first-order valence-corrected chi connectivity index (χ1v) is 10.9. The van der Waals surface area contributed by atoms with Crippen molar-refractivity contribution >= 4 is 5.91 Å². The van der Waals surface area contributed by atoms with Crippen LogP contribution in [0.2, 0.25) is 0 Å². The van der Waals surface area contributed by atoms with E-state index in [1.807, 2.05) is 30.3 Å². The molecule has 1 aromatic carbocycles. The number of halogens is 1. The molecule has 1 saturated heterocycles. The highest BCUT2D eigenvalue weighted by Gasteiger charge is 2.31. The molecule has 2 aromatic rings. The molecular formula is C24H30FN3O. The molecule has 1 amide bonds. The Bertz CT molecular complexity index is 792. The molecule has 2 fully saturated rings. The fourth-order valence-corrected chi connectivity index (χ4v) is 4.43. The second-order valence-corrected chi connectivity index (χ2v) is 8.43. The number of benzene rings is 1. The number of carbonyl (C=O) groups is 1. The summed E-state index contributed by atoms with van der Waals surface area (Å²) in [5.41, 5.74) is 2.07. The molecule has 1 N–H and O–H groups in total. The molecule has 0 bridgehead atoms. The zero-order valence-electron chi connectivity index (χ0n) is 16.9. The van der Waals surface area contributed by atoms with E-state index in [4.69, 9.17) is 0 Å². The van der Waals surface area contributed by atoms with E-state index in [1.165, 1.54) is 25.0 Å². The minimum atomic E-state index is -0.196. The third-order valence-corrected chi connectivity index (χ3v) is 6.39. The predicted molar refractivity (Wildman–Crippen MR) is 112 cm³/mol. The summed E-state index contributed by atoms with van der Waals surface area (Å²) >= 11 is 0. The molecular weight excluding hydrogens is 365 g/mol. The normalized spacial score (nSPS) is 21.3. The lowest BCUT2D eigenvalue weighted by molar-refractivity contribution is -0.128. The van der Waals surface area contributed by atoms with Crippen molar-refractivity contribution in [1.29, 1.82) is 0 Å². The van der Waals surface area contributed by atoms with Gasteiger partial charge in [0.15, 0.2) is 0 Å². The van der Waals surface area contributed by atoms with Crippen molar-refractivity contribution in [2.45, 2.75) is 63.6 Å². The number of rotatable bonds is 7. The first-order valence-electron chi connectivity index (χ1n) is 10.9. The number of hydrogen-bond acceptors (Lipinski definition) is 3. The van der Waals surface area contributed by atoms with E-state index in [0.29, 0.717) is 6.04 Å². The first-order chi connectivity index (χ1) is 14.2. The van der Waals surface area contributed by atoms with Gasteiger partial charge in [0.05, 0.1) is 11.7 Å². The fraction of sp³-hybridized carbons (Fsp3) is 0.500. The molecule has 4 rings (SSSR count). The molecule has 2 aliphatic rings. The summed E-state index contributed by atoms with van der Waals surface area (Å²) in [4.78, 5) is 19.7. The second kappa shape index (κ2) is 9.49. The van der Waals surface area contributed by atoms with Crippen molar-refractivity contribution in [3.05, 3.63) is 65.7 Å². The second-order valence-electron chi connectivity index (χ2n) is 8.43. The molecule has 4 nitrogen and oxygen atoms in total. The Balaban J connectivity index is 1.47. The van der Waals surface area contributed by atoms with Crippen LogP contribution in [0.3, 0.4) is 0 Å². The van der Waals surface area contributed by atoms with Crippen LogP contribution in [-0.2, 0) is 11.3 Å². The van der Waals surface area contributed by atoms with Gasteiger partial charge in [-0.3, -0.25) is 14.7 Å². The summed E-state index contributed by atoms with van der Waals surface area (Å²) in [6.07, 6.45) is 9.31. The molecule has 1 saturated carbocycles. The minimum absolute atomic E-state index is 0.0666. The van der Waals surface area contributed by atoms with E-state index >= 15 is 0 Å². The molecule has 154 valence electrons. The van der Waals surface area contributed by atoms with E-state index in [0.717, 1.165) is 56.5 Å². The van der Waals surface area contributed by atoms with Gasteiger partial charge in [-0.2, -0.15) is 0 Å². The third-order valence-electron chi connectivity index (χ3n) is 6.39. The molecule has 29 heavy (non-hydrogen) atoms. The number of pyridine rings is 1. The lowest BCUT2D eigenvalue weighted by Gasteiger charge is -2.38. The van der Waals surface area contributed by atoms with Crippen LogP contribution < -0.4 is 5.32 Å². The van der Waals surface area contributed by atoms with Gasteiger partial charge in [0.2, 0.25) is 5.91 Å². The summed E-state index contributed by atoms with van der Waals surface area (Å²) < 4.78 is 13.3. The number of aromatic nitrogens is 1. The number of piperidine rings is 1. The maximum atomic E-state index is 13.3. The molecule has 0 radical (unpaired) electrons. The highest BCUT2D eigenvalue weighted by molar-refractivity contribution is 5.79. The molecule has 1 aliphatic heterocycles. The van der Waals surface area contributed by atoms with Crippen LogP contribution in [0.5, 0.6) is 0 Å². The Hall–Kier alpha value is -2.27. The molecule has 2 atom stereocenters. The quantitative estimate of drug-likeness (QED) is 0.744. The standard InChI is InChI=1S/C24H30FN3O/c25-20-12-10-18(11-13-20)17-28-15-4-2-8-21(28)16-23(22-9-1-3-14-26-22)27-24(29)19-6-5-7-19/h1,3,9-14,19,21,23H,2,4-8,15-17H2,(H,27,29)/t21-,23-/m1/s1. The van der Waals surface area contributed by atoms with Crippen LogP contribution in [-0.4, -0.2) is 28.4 Å². The molecule has 0 unspecified atom stereocenters. The van der Waals surface area contributed by atoms with Crippen LogP contribution in [0.15, 0.2) is 48.7 Å². The average molecular weight is 396 g/mol. The Morgan fingerprint density at radius 3 is 2.62 bits per heavy atom. The van der Waals surface area contributed by atoms with E-state index in [9.17, 15) is 9.18 Å². The van der Waals surface area contributed by atoms with Crippen molar-refractivity contribution in [2.75, 3.05) is 6.54 Å². The van der Waals surface area contributed by atoms with Crippen molar-refractivity contribution in [2.24, 2.45) is 5.92 Å². The number of likely N-dealkylation sites (tertiary alicyclic amines) is 1. The lowest BCUT2D eigenvalue weighted by Crippen LogP contribution is -2.44. The number of hydrogen-bond donors (Lipinski definition) is 1. The smallest absolute Gasteiger partial charge is 0.223 e. The number of nitrogens with one attached hydrogen (secondary N) is 1. The summed E-state index contributed by atoms with van der Waals surface area (Å²) in [5, 5.41) is 3.30. The Morgan fingerprint density at radius 2 is 1.93 bits per heavy atom. The SMILES string of the molecule is O=C(N[C@H](C[C@H]1CCCCN1Cc1ccc(F)cc1)c1ccccn1)C1CCC1. The Kier molecular flexibility index (Phi) is 6.55. The van der Waals surface area contributed by atoms with Crippen LogP contribution >= 0.6 is 0 Å². The van der Waals surface area contributed by atoms with Gasteiger partial charge in [-0.25, -0.2) is 4.39 Å². The minimum Gasteiger partial charge on any atom is -0.347 e. The van der Waals surface area contributed by atoms with Gasteiger partial charge in [-0.05, 0) is 68.5 Å². The van der Waals surface area contributed by atoms with Crippen LogP contribution in [0.4, 0.5) is 4.39 Å². The van der Waals surface area contributed by atoms with Crippen LogP contribution in [0.1, 0.15) is 62.2 Å². The van der Waals surface area contributed by atoms with E-state index < -0.39 is 0 Å². The third kappa shape index (κ3) is 5.21. The Morgan fingerprint density at radius 1 is 1.10 bits per heavy atom. The van der Waals surface area contributed by atoms with Gasteiger partial charge in [0, 0.05) is 24.7 Å². The van der Waals surface area contributed by atoms with E-state index in [2.05, 4.69) is 15.2 Å². The van der Waals surface area contributed by atoms with Gasteiger partial charge < -0.3 is 5.32 Å². The topological polar surface area (TPSA) is 45.2 Å². The molecule has 1 aromatic heterocycles. The Labute approximate surface area is 172 Å². The predicted octanol–water partition coefficient (Wildman–Crippen LogP) is 4.62. The van der Waals surface area contributed by atoms with Crippen molar-refractivity contribution in [3.63, 3.8) is 0 Å². The van der Waals surface area contributed by atoms with Gasteiger partial charge >= 0.3 is 0 Å². The first kappa shape index (κ1) is 20.0. The molecule has 2 heterocycles. The van der Waals surface area contributed by atoms with Crippen LogP contribution in [0.25, 0.3) is 0 Å². The zero-order chi connectivity index (χ0) is 20.1. The number of amides is 1. The van der Waals surface area contributed by atoms with Gasteiger partial charge in [0.25, 0.3) is 0 Å². The molecule has 1 aliphatic carbocycles. The van der Waals surface area contributed by atoms with Gasteiger partial charge in [-0.15, -0.1) is 0 Å². The van der Waals surface area contributed by atoms with Crippen molar-refractivity contribution in [3.8, 4) is 0 Å². The summed E-state index contributed by atoms with van der Waals surface area (Å²) in [6.45, 7) is 1.85. The van der Waals surface area contributed by atoms with Crippen LogP contribution in [0, 0.1) is 11.7 Å². The summed E-state index contributed by atoms with van der Waals surface area (Å²) in [5.74, 6) is 0.147. The molecule has 5 heteroatoms. The summed E-state index contributed by atoms with van der Waals surface area (Å²) in [6, 6.07) is 13.0. The summed E-state index contributed by atoms with van der Waals surface area (Å²) in [7, 11) is 0.